The number of benzene rings is 2. The number of hydrogen-bond acceptors (Lipinski definition) is 1. The Morgan fingerprint density at radius 1 is 0.720 bits per heavy atom. The predicted octanol–water partition coefficient (Wildman–Crippen LogP) is 4.77. The first-order chi connectivity index (χ1) is 11.9. The predicted molar refractivity (Wildman–Crippen MR) is 110 cm³/mol. The molecule has 2 heteroatoms. The van der Waals surface area contributed by atoms with Crippen molar-refractivity contribution in [3.05, 3.63) is 72.8 Å². The highest BCUT2D eigenvalue weighted by atomic mass is 28.4. The Hall–Kier alpha value is -1.64. The molecule has 1 nitrogen and oxygen atoms in total. The third kappa shape index (κ3) is 3.25. The summed E-state index contributed by atoms with van der Waals surface area (Å²) in [6, 6.07) is 21.8. The maximum atomic E-state index is 7.24. The van der Waals surface area contributed by atoms with Crippen LogP contribution >= 0.6 is 0 Å². The van der Waals surface area contributed by atoms with Gasteiger partial charge in [0.25, 0.3) is 8.32 Å². The first kappa shape index (κ1) is 18.2. The largest absolute Gasteiger partial charge is 0.403 e. The van der Waals surface area contributed by atoms with Gasteiger partial charge in [0.2, 0.25) is 0 Å². The summed E-state index contributed by atoms with van der Waals surface area (Å²) in [5.41, 5.74) is 0. The lowest BCUT2D eigenvalue weighted by molar-refractivity contribution is 0.129. The van der Waals surface area contributed by atoms with Crippen molar-refractivity contribution in [1.82, 2.24) is 0 Å². The maximum Gasteiger partial charge on any atom is 0.261 e. The lowest BCUT2D eigenvalue weighted by Crippen LogP contribution is -2.68. The van der Waals surface area contributed by atoms with E-state index in [1.165, 1.54) is 10.4 Å². The molecule has 0 aromatic heterocycles. The molecule has 1 aliphatic rings. The van der Waals surface area contributed by atoms with Crippen molar-refractivity contribution in [3.8, 4) is 0 Å². The zero-order chi connectivity index (χ0) is 18.1. The Bertz CT molecular complexity index is 663. The van der Waals surface area contributed by atoms with Crippen LogP contribution in [0.4, 0.5) is 0 Å². The summed E-state index contributed by atoms with van der Waals surface area (Å²) >= 11 is 0. The van der Waals surface area contributed by atoms with Crippen LogP contribution in [0.25, 0.3) is 0 Å². The molecule has 2 aromatic rings. The molecule has 0 radical (unpaired) electrons. The van der Waals surface area contributed by atoms with Gasteiger partial charge >= 0.3 is 0 Å². The SMILES string of the molecule is C[C@H]1C=C[C@H](C)C1O[Si](c1ccccc1)(c1ccccc1)C(C)(C)C. The Morgan fingerprint density at radius 2 is 1.12 bits per heavy atom. The van der Waals surface area contributed by atoms with E-state index in [1.807, 2.05) is 0 Å². The average Bonchev–Trinajstić information content (AvgIpc) is 2.91. The fourth-order valence-electron chi connectivity index (χ4n) is 4.16. The summed E-state index contributed by atoms with van der Waals surface area (Å²) in [4.78, 5) is 0. The zero-order valence-corrected chi connectivity index (χ0v) is 17.1. The number of hydrogen-bond donors (Lipinski definition) is 0. The van der Waals surface area contributed by atoms with Crippen LogP contribution in [0.3, 0.4) is 0 Å². The molecule has 2 atom stereocenters. The van der Waals surface area contributed by atoms with Gasteiger partial charge in [-0.3, -0.25) is 0 Å². The van der Waals surface area contributed by atoms with Crippen LogP contribution in [0.2, 0.25) is 5.04 Å². The molecule has 0 amide bonds. The first-order valence-electron chi connectivity index (χ1n) is 9.33. The van der Waals surface area contributed by atoms with Crippen molar-refractivity contribution >= 4 is 18.7 Å². The Balaban J connectivity index is 2.19. The fraction of sp³-hybridized carbons (Fsp3) is 0.391. The van der Waals surface area contributed by atoms with E-state index in [-0.39, 0.29) is 11.1 Å². The summed E-state index contributed by atoms with van der Waals surface area (Å²) in [7, 11) is -2.44. The monoisotopic (exact) mass is 350 g/mol. The highest BCUT2D eigenvalue weighted by Crippen LogP contribution is 2.40. The minimum atomic E-state index is -2.44. The summed E-state index contributed by atoms with van der Waals surface area (Å²) in [6.07, 6.45) is 4.87. The van der Waals surface area contributed by atoms with Crippen LogP contribution in [0.5, 0.6) is 0 Å². The van der Waals surface area contributed by atoms with Crippen LogP contribution in [-0.4, -0.2) is 14.4 Å². The molecule has 0 heterocycles. The van der Waals surface area contributed by atoms with Crippen LogP contribution in [0, 0.1) is 11.8 Å². The van der Waals surface area contributed by atoms with E-state index < -0.39 is 8.32 Å². The molecule has 0 fully saturated rings. The lowest BCUT2D eigenvalue weighted by atomic mass is 10.0. The van der Waals surface area contributed by atoms with E-state index in [0.717, 1.165) is 0 Å². The Kier molecular flexibility index (Phi) is 5.03. The fourth-order valence-corrected chi connectivity index (χ4v) is 9.01. The van der Waals surface area contributed by atoms with Gasteiger partial charge in [-0.15, -0.1) is 0 Å². The van der Waals surface area contributed by atoms with Gasteiger partial charge in [-0.05, 0) is 27.2 Å². The smallest absolute Gasteiger partial charge is 0.261 e. The van der Waals surface area contributed by atoms with Gasteiger partial charge in [0.1, 0.15) is 0 Å². The van der Waals surface area contributed by atoms with Crippen molar-refractivity contribution in [2.24, 2.45) is 11.8 Å². The van der Waals surface area contributed by atoms with Gasteiger partial charge < -0.3 is 4.43 Å². The second-order valence-corrected chi connectivity index (χ2v) is 12.6. The summed E-state index contributed by atoms with van der Waals surface area (Å²) in [6.45, 7) is 11.6. The molecule has 0 N–H and O–H groups in total. The third-order valence-corrected chi connectivity index (χ3v) is 10.5. The molecule has 132 valence electrons. The van der Waals surface area contributed by atoms with E-state index in [2.05, 4.69) is 107 Å². The minimum absolute atomic E-state index is 0.0394. The van der Waals surface area contributed by atoms with Gasteiger partial charge in [0.05, 0.1) is 6.10 Å². The van der Waals surface area contributed by atoms with E-state index in [4.69, 9.17) is 4.43 Å². The van der Waals surface area contributed by atoms with Crippen molar-refractivity contribution in [1.29, 1.82) is 0 Å². The minimum Gasteiger partial charge on any atom is -0.403 e. The quantitative estimate of drug-likeness (QED) is 0.570. The molecule has 25 heavy (non-hydrogen) atoms. The average molecular weight is 351 g/mol. The van der Waals surface area contributed by atoms with Crippen molar-refractivity contribution < 1.29 is 4.43 Å². The van der Waals surface area contributed by atoms with E-state index in [0.29, 0.717) is 11.8 Å². The zero-order valence-electron chi connectivity index (χ0n) is 16.1. The molecule has 0 spiro atoms. The second-order valence-electron chi connectivity index (χ2n) is 8.35. The highest BCUT2D eigenvalue weighted by molar-refractivity contribution is 6.99. The van der Waals surface area contributed by atoms with Gasteiger partial charge in [-0.2, -0.15) is 0 Å². The normalized spacial score (nSPS) is 21.6. The third-order valence-electron chi connectivity index (χ3n) is 5.48. The Labute approximate surface area is 153 Å². The van der Waals surface area contributed by atoms with Crippen molar-refractivity contribution in [2.75, 3.05) is 0 Å². The molecule has 2 aromatic carbocycles. The van der Waals surface area contributed by atoms with Gasteiger partial charge in [0.15, 0.2) is 0 Å². The summed E-state index contributed by atoms with van der Waals surface area (Å²) < 4.78 is 7.24. The van der Waals surface area contributed by atoms with Crippen LogP contribution < -0.4 is 10.4 Å². The van der Waals surface area contributed by atoms with Crippen molar-refractivity contribution in [3.63, 3.8) is 0 Å². The van der Waals surface area contributed by atoms with Gasteiger partial charge in [-0.1, -0.05) is 107 Å². The highest BCUT2D eigenvalue weighted by Gasteiger charge is 2.52. The molecular weight excluding hydrogens is 320 g/mol. The molecule has 0 aliphatic heterocycles. The van der Waals surface area contributed by atoms with Gasteiger partial charge in [0, 0.05) is 0 Å². The molecular formula is C23H30OSi. The van der Waals surface area contributed by atoms with E-state index in [9.17, 15) is 0 Å². The number of rotatable bonds is 4. The van der Waals surface area contributed by atoms with Crippen LogP contribution in [0.1, 0.15) is 34.6 Å². The molecule has 0 saturated heterocycles. The van der Waals surface area contributed by atoms with Crippen LogP contribution in [-0.2, 0) is 4.43 Å². The van der Waals surface area contributed by atoms with E-state index in [1.54, 1.807) is 0 Å². The molecule has 3 rings (SSSR count). The second kappa shape index (κ2) is 6.93. The maximum absolute atomic E-state index is 7.24. The molecule has 0 saturated carbocycles. The molecule has 0 bridgehead atoms. The molecule has 1 aliphatic carbocycles. The van der Waals surface area contributed by atoms with E-state index >= 15 is 0 Å². The van der Waals surface area contributed by atoms with Crippen LogP contribution in [0.15, 0.2) is 72.8 Å². The van der Waals surface area contributed by atoms with Crippen molar-refractivity contribution in [2.45, 2.75) is 45.8 Å². The topological polar surface area (TPSA) is 9.23 Å². The summed E-state index contributed by atoms with van der Waals surface area (Å²) in [5, 5.41) is 2.76. The Morgan fingerprint density at radius 3 is 1.48 bits per heavy atom. The summed E-state index contributed by atoms with van der Waals surface area (Å²) in [5.74, 6) is 0.910. The lowest BCUT2D eigenvalue weighted by Gasteiger charge is -2.46. The van der Waals surface area contributed by atoms with Gasteiger partial charge in [-0.25, -0.2) is 0 Å². The molecule has 0 unspecified atom stereocenters. The standard InChI is InChI=1S/C23H30OSi/c1-18-16-17-19(2)22(18)24-25(23(3,4)5,20-12-8-6-9-13-20)21-14-10-7-11-15-21/h6-19,22H,1-5H3/t18-,19-/m0/s1. The first-order valence-corrected chi connectivity index (χ1v) is 11.2.